The van der Waals surface area contributed by atoms with Gasteiger partial charge in [-0.2, -0.15) is 0 Å². The third-order valence-corrected chi connectivity index (χ3v) is 6.83. The molecular weight excluding hydrogens is 420 g/mol. The van der Waals surface area contributed by atoms with Crippen LogP contribution in [0.4, 0.5) is 11.6 Å². The average Bonchev–Trinajstić information content (AvgIpc) is 3.37. The highest BCUT2D eigenvalue weighted by Crippen LogP contribution is 2.40. The zero-order valence-electron chi connectivity index (χ0n) is 19.5. The van der Waals surface area contributed by atoms with E-state index in [2.05, 4.69) is 58.0 Å². The van der Waals surface area contributed by atoms with Crippen molar-refractivity contribution in [1.29, 1.82) is 5.41 Å². The van der Waals surface area contributed by atoms with E-state index < -0.39 is 0 Å². The number of hydrogen-bond donors (Lipinski definition) is 3. The van der Waals surface area contributed by atoms with E-state index in [1.54, 1.807) is 0 Å². The quantitative estimate of drug-likeness (QED) is 0.434. The predicted octanol–water partition coefficient (Wildman–Crippen LogP) is 5.47. The summed E-state index contributed by atoms with van der Waals surface area (Å²) in [5.74, 6) is 0.858. The van der Waals surface area contributed by atoms with Gasteiger partial charge in [-0.15, -0.1) is 0 Å². The zero-order valence-corrected chi connectivity index (χ0v) is 19.5. The van der Waals surface area contributed by atoms with Crippen molar-refractivity contribution in [3.8, 4) is 0 Å². The number of aryl methyl sites for hydroxylation is 1. The molecular formula is C28H30N6. The number of nitrogens with zero attached hydrogens (tertiary/aromatic N) is 3. The van der Waals surface area contributed by atoms with Gasteiger partial charge in [-0.05, 0) is 37.0 Å². The predicted molar refractivity (Wildman–Crippen MR) is 140 cm³/mol. The summed E-state index contributed by atoms with van der Waals surface area (Å²) in [6.45, 7) is 7.23. The third-order valence-electron chi connectivity index (χ3n) is 6.83. The molecule has 3 aromatic rings. The molecule has 0 radical (unpaired) electrons. The van der Waals surface area contributed by atoms with Crippen LogP contribution in [0.3, 0.4) is 0 Å². The van der Waals surface area contributed by atoms with E-state index in [4.69, 9.17) is 11.1 Å². The highest BCUT2D eigenvalue weighted by Gasteiger charge is 2.31. The minimum atomic E-state index is 0.294. The molecule has 2 aliphatic rings. The van der Waals surface area contributed by atoms with Crippen molar-refractivity contribution in [2.24, 2.45) is 0 Å². The number of benzene rings is 2. The first-order chi connectivity index (χ1) is 16.5. The van der Waals surface area contributed by atoms with Crippen molar-refractivity contribution in [3.05, 3.63) is 95.0 Å². The van der Waals surface area contributed by atoms with Gasteiger partial charge in [0, 0.05) is 28.6 Å². The van der Waals surface area contributed by atoms with Gasteiger partial charge in [0.15, 0.2) is 0 Å². The summed E-state index contributed by atoms with van der Waals surface area (Å²) in [5.41, 5.74) is 13.7. The molecule has 1 aromatic heterocycles. The second kappa shape index (κ2) is 9.14. The summed E-state index contributed by atoms with van der Waals surface area (Å²) in [7, 11) is 0. The Morgan fingerprint density at radius 2 is 1.88 bits per heavy atom. The highest BCUT2D eigenvalue weighted by atomic mass is 15.2. The Morgan fingerprint density at radius 1 is 1.12 bits per heavy atom. The standard InChI is InChI=1S/C28H30N6/c1-18-9-8-12-21-15-23(34(19(2)24(18)21)22-13-6-7-14-22)16-31-28-25(27(30)32-17-33-28)26(29)20-10-4-3-5-11-20/h3-5,8-12,15,17,22,29H,2,6-7,13-14,16H2,1H3,(H3,30,31,32,33). The molecule has 4 N–H and O–H groups in total. The van der Waals surface area contributed by atoms with E-state index in [1.165, 1.54) is 48.7 Å². The maximum absolute atomic E-state index is 8.76. The van der Waals surface area contributed by atoms with Crippen molar-refractivity contribution in [2.75, 3.05) is 17.6 Å². The fourth-order valence-corrected chi connectivity index (χ4v) is 5.20. The SMILES string of the molecule is C=C1c2c(C)cccc2C=C(CNc2ncnc(N)c2C(=N)c2ccccc2)N1C1CCCC1. The first-order valence-electron chi connectivity index (χ1n) is 11.8. The monoisotopic (exact) mass is 450 g/mol. The van der Waals surface area contributed by atoms with Crippen molar-refractivity contribution < 1.29 is 0 Å². The van der Waals surface area contributed by atoms with E-state index >= 15 is 0 Å². The minimum Gasteiger partial charge on any atom is -0.383 e. The maximum Gasteiger partial charge on any atom is 0.141 e. The molecule has 0 amide bonds. The largest absolute Gasteiger partial charge is 0.383 e. The fraction of sp³-hybridized carbons (Fsp3) is 0.250. The van der Waals surface area contributed by atoms with E-state index in [9.17, 15) is 0 Å². The molecule has 1 aliphatic heterocycles. The van der Waals surface area contributed by atoms with Crippen molar-refractivity contribution in [2.45, 2.75) is 38.6 Å². The van der Waals surface area contributed by atoms with E-state index in [0.29, 0.717) is 35.5 Å². The Bertz CT molecular complexity index is 1270. The number of hydrogen-bond acceptors (Lipinski definition) is 6. The van der Waals surface area contributed by atoms with Gasteiger partial charge < -0.3 is 16.0 Å². The van der Waals surface area contributed by atoms with Crippen LogP contribution >= 0.6 is 0 Å². The number of nitrogen functional groups attached to an aromatic ring is 1. The summed E-state index contributed by atoms with van der Waals surface area (Å²) < 4.78 is 0. The second-order valence-corrected chi connectivity index (χ2v) is 9.01. The molecule has 172 valence electrons. The Hall–Kier alpha value is -3.93. The van der Waals surface area contributed by atoms with Crippen molar-refractivity contribution in [1.82, 2.24) is 14.9 Å². The van der Waals surface area contributed by atoms with Crippen LogP contribution in [0, 0.1) is 12.3 Å². The summed E-state index contributed by atoms with van der Waals surface area (Å²) in [5, 5.41) is 12.2. The van der Waals surface area contributed by atoms with Crippen LogP contribution < -0.4 is 11.1 Å². The molecule has 0 bridgehead atoms. The van der Waals surface area contributed by atoms with E-state index in [-0.39, 0.29) is 0 Å². The topological polar surface area (TPSA) is 90.9 Å². The van der Waals surface area contributed by atoms with Gasteiger partial charge in [-0.25, -0.2) is 9.97 Å². The van der Waals surface area contributed by atoms with Crippen LogP contribution in [-0.2, 0) is 0 Å². The van der Waals surface area contributed by atoms with Crippen LogP contribution in [0.2, 0.25) is 0 Å². The number of nitrogens with one attached hydrogen (secondary N) is 2. The molecule has 0 unspecified atom stereocenters. The molecule has 2 aromatic carbocycles. The van der Waals surface area contributed by atoms with Gasteiger partial charge in [0.05, 0.1) is 17.8 Å². The molecule has 6 heteroatoms. The fourth-order valence-electron chi connectivity index (χ4n) is 5.20. The molecule has 1 saturated carbocycles. The zero-order chi connectivity index (χ0) is 23.7. The van der Waals surface area contributed by atoms with Crippen molar-refractivity contribution in [3.63, 3.8) is 0 Å². The lowest BCUT2D eigenvalue weighted by Gasteiger charge is -2.39. The van der Waals surface area contributed by atoms with Gasteiger partial charge in [0.2, 0.25) is 0 Å². The van der Waals surface area contributed by atoms with Crippen LogP contribution in [0.25, 0.3) is 11.8 Å². The van der Waals surface area contributed by atoms with Gasteiger partial charge >= 0.3 is 0 Å². The van der Waals surface area contributed by atoms with Gasteiger partial charge in [0.1, 0.15) is 18.0 Å². The molecule has 2 heterocycles. The lowest BCUT2D eigenvalue weighted by atomic mass is 9.93. The van der Waals surface area contributed by atoms with Crippen LogP contribution in [0.5, 0.6) is 0 Å². The maximum atomic E-state index is 8.76. The first kappa shape index (κ1) is 21.9. The van der Waals surface area contributed by atoms with Crippen LogP contribution in [-0.4, -0.2) is 33.2 Å². The molecule has 5 rings (SSSR count). The van der Waals surface area contributed by atoms with Crippen molar-refractivity contribution >= 4 is 29.1 Å². The van der Waals surface area contributed by atoms with E-state index in [0.717, 1.165) is 17.0 Å². The molecule has 0 saturated heterocycles. The molecule has 1 fully saturated rings. The Labute approximate surface area is 200 Å². The first-order valence-corrected chi connectivity index (χ1v) is 11.8. The smallest absolute Gasteiger partial charge is 0.141 e. The summed E-state index contributed by atoms with van der Waals surface area (Å²) >= 11 is 0. The highest BCUT2D eigenvalue weighted by molar-refractivity contribution is 6.16. The Morgan fingerprint density at radius 3 is 2.65 bits per heavy atom. The molecule has 34 heavy (non-hydrogen) atoms. The molecule has 0 atom stereocenters. The molecule has 6 nitrogen and oxygen atoms in total. The second-order valence-electron chi connectivity index (χ2n) is 9.01. The van der Waals surface area contributed by atoms with Gasteiger partial charge in [-0.3, -0.25) is 5.41 Å². The number of rotatable bonds is 6. The summed E-state index contributed by atoms with van der Waals surface area (Å²) in [6, 6.07) is 16.4. The lowest BCUT2D eigenvalue weighted by Crippen LogP contribution is -2.36. The Kier molecular flexibility index (Phi) is 5.88. The minimum absolute atomic E-state index is 0.294. The lowest BCUT2D eigenvalue weighted by molar-refractivity contribution is 0.360. The van der Waals surface area contributed by atoms with Gasteiger partial charge in [-0.1, -0.05) is 68.0 Å². The average molecular weight is 451 g/mol. The number of anilines is 2. The van der Waals surface area contributed by atoms with Gasteiger partial charge in [0.25, 0.3) is 0 Å². The Balaban J connectivity index is 1.49. The number of aromatic nitrogens is 2. The third kappa shape index (κ3) is 3.96. The summed E-state index contributed by atoms with van der Waals surface area (Å²) in [6.07, 6.45) is 8.53. The van der Waals surface area contributed by atoms with E-state index in [1.807, 2.05) is 30.3 Å². The number of nitrogens with two attached hydrogens (primary N) is 1. The van der Waals surface area contributed by atoms with Crippen LogP contribution in [0.15, 0.2) is 67.1 Å². The molecule has 0 spiro atoms. The van der Waals surface area contributed by atoms with Crippen LogP contribution in [0.1, 0.15) is 53.5 Å². The number of fused-ring (bicyclic) bond motifs is 1. The molecule has 1 aliphatic carbocycles. The summed E-state index contributed by atoms with van der Waals surface area (Å²) in [4.78, 5) is 11.0. The normalized spacial score (nSPS) is 15.7.